The summed E-state index contributed by atoms with van der Waals surface area (Å²) in [5.74, 6) is -0.00328. The second-order valence-corrected chi connectivity index (χ2v) is 5.89. The molecule has 1 saturated carbocycles. The van der Waals surface area contributed by atoms with Crippen LogP contribution in [-0.2, 0) is 9.53 Å². The average molecular weight is 283 g/mol. The largest absolute Gasteiger partial charge is 0.409 e. The zero-order valence-electron chi connectivity index (χ0n) is 12.2. The first-order valence-electron chi connectivity index (χ1n) is 7.45. The molecule has 0 radical (unpaired) electrons. The van der Waals surface area contributed by atoms with E-state index >= 15 is 0 Å². The molecule has 3 N–H and O–H groups in total. The fourth-order valence-corrected chi connectivity index (χ4v) is 3.37. The van der Waals surface area contributed by atoms with Crippen molar-refractivity contribution in [1.29, 1.82) is 0 Å². The third-order valence-electron chi connectivity index (χ3n) is 4.80. The minimum atomic E-state index is -0.890. The fraction of sp³-hybridized carbons (Fsp3) is 0.857. The highest BCUT2D eigenvalue weighted by Crippen LogP contribution is 2.35. The standard InChI is InChI=1S/C14H25N3O3/c1-17(11-5-3-2-4-6-11)13(18)14(12(15)16-19)7-9-20-10-8-14/h11,19H,2-10H2,1H3,(H2,15,16). The number of ether oxygens (including phenoxy) is 1. The molecular weight excluding hydrogens is 258 g/mol. The number of amidine groups is 1. The number of oxime groups is 1. The Hall–Kier alpha value is -1.30. The highest BCUT2D eigenvalue weighted by atomic mass is 16.5. The van der Waals surface area contributed by atoms with Gasteiger partial charge >= 0.3 is 0 Å². The first-order valence-corrected chi connectivity index (χ1v) is 7.45. The van der Waals surface area contributed by atoms with E-state index in [-0.39, 0.29) is 17.8 Å². The van der Waals surface area contributed by atoms with Gasteiger partial charge < -0.3 is 20.6 Å². The fourth-order valence-electron chi connectivity index (χ4n) is 3.37. The Kier molecular flexibility index (Phi) is 4.86. The molecule has 2 fully saturated rings. The van der Waals surface area contributed by atoms with Gasteiger partial charge in [-0.05, 0) is 25.7 Å². The van der Waals surface area contributed by atoms with E-state index < -0.39 is 5.41 Å². The van der Waals surface area contributed by atoms with Gasteiger partial charge in [0.2, 0.25) is 5.91 Å². The van der Waals surface area contributed by atoms with E-state index in [0.29, 0.717) is 26.1 Å². The highest BCUT2D eigenvalue weighted by Gasteiger charge is 2.47. The number of carbonyl (C=O) groups is 1. The van der Waals surface area contributed by atoms with Crippen LogP contribution in [0.5, 0.6) is 0 Å². The van der Waals surface area contributed by atoms with Crippen molar-refractivity contribution in [2.45, 2.75) is 51.0 Å². The molecule has 0 aromatic carbocycles. The monoisotopic (exact) mass is 283 g/mol. The van der Waals surface area contributed by atoms with Gasteiger partial charge in [0, 0.05) is 26.3 Å². The van der Waals surface area contributed by atoms with E-state index in [1.807, 2.05) is 11.9 Å². The maximum absolute atomic E-state index is 12.9. The summed E-state index contributed by atoms with van der Waals surface area (Å²) in [6, 6.07) is 0.280. The summed E-state index contributed by atoms with van der Waals surface area (Å²) in [6.07, 6.45) is 6.65. The summed E-state index contributed by atoms with van der Waals surface area (Å²) < 4.78 is 5.33. The van der Waals surface area contributed by atoms with E-state index in [9.17, 15) is 4.79 Å². The molecule has 1 heterocycles. The van der Waals surface area contributed by atoms with Crippen molar-refractivity contribution in [3.05, 3.63) is 0 Å². The summed E-state index contributed by atoms with van der Waals surface area (Å²) in [4.78, 5) is 14.7. The first-order chi connectivity index (χ1) is 9.62. The molecule has 6 heteroatoms. The summed E-state index contributed by atoms with van der Waals surface area (Å²) in [5.41, 5.74) is 4.96. The van der Waals surface area contributed by atoms with Gasteiger partial charge in [-0.25, -0.2) is 0 Å². The number of rotatable bonds is 3. The predicted molar refractivity (Wildman–Crippen MR) is 75.5 cm³/mol. The molecule has 114 valence electrons. The molecule has 6 nitrogen and oxygen atoms in total. The van der Waals surface area contributed by atoms with E-state index in [4.69, 9.17) is 15.7 Å². The number of nitrogens with zero attached hydrogens (tertiary/aromatic N) is 2. The van der Waals surface area contributed by atoms with Crippen molar-refractivity contribution < 1.29 is 14.7 Å². The van der Waals surface area contributed by atoms with Crippen LogP contribution in [0.4, 0.5) is 0 Å². The molecule has 1 aliphatic carbocycles. The third kappa shape index (κ3) is 2.75. The average Bonchev–Trinajstić information content (AvgIpc) is 2.54. The Morgan fingerprint density at radius 1 is 1.30 bits per heavy atom. The molecule has 0 bridgehead atoms. The van der Waals surface area contributed by atoms with Crippen molar-refractivity contribution in [3.63, 3.8) is 0 Å². The van der Waals surface area contributed by atoms with Gasteiger partial charge in [0.05, 0.1) is 0 Å². The molecule has 1 aliphatic heterocycles. The SMILES string of the molecule is CN(C(=O)C1(C(N)=NO)CCOCC1)C1CCCCC1. The van der Waals surface area contributed by atoms with Gasteiger partial charge in [0.1, 0.15) is 5.41 Å². The lowest BCUT2D eigenvalue weighted by atomic mass is 9.77. The Morgan fingerprint density at radius 3 is 2.45 bits per heavy atom. The van der Waals surface area contributed by atoms with Crippen LogP contribution in [0.2, 0.25) is 0 Å². The Bertz CT molecular complexity index is 372. The highest BCUT2D eigenvalue weighted by molar-refractivity contribution is 6.06. The Morgan fingerprint density at radius 2 is 1.90 bits per heavy atom. The molecule has 2 rings (SSSR count). The smallest absolute Gasteiger partial charge is 0.236 e. The molecule has 0 atom stereocenters. The minimum Gasteiger partial charge on any atom is -0.409 e. The molecule has 0 unspecified atom stereocenters. The number of hydrogen-bond acceptors (Lipinski definition) is 4. The summed E-state index contributed by atoms with van der Waals surface area (Å²) >= 11 is 0. The third-order valence-corrected chi connectivity index (χ3v) is 4.80. The maximum atomic E-state index is 12.9. The Balaban J connectivity index is 2.17. The van der Waals surface area contributed by atoms with E-state index in [1.165, 1.54) is 19.3 Å². The quantitative estimate of drug-likeness (QED) is 0.354. The van der Waals surface area contributed by atoms with Gasteiger partial charge in [-0.2, -0.15) is 0 Å². The predicted octanol–water partition coefficient (Wildman–Crippen LogP) is 1.32. The summed E-state index contributed by atoms with van der Waals surface area (Å²) in [7, 11) is 1.85. The maximum Gasteiger partial charge on any atom is 0.236 e. The van der Waals surface area contributed by atoms with Gasteiger partial charge in [-0.1, -0.05) is 24.4 Å². The van der Waals surface area contributed by atoms with E-state index in [1.54, 1.807) is 0 Å². The Labute approximate surface area is 119 Å². The van der Waals surface area contributed by atoms with Crippen LogP contribution in [0.3, 0.4) is 0 Å². The van der Waals surface area contributed by atoms with E-state index in [0.717, 1.165) is 12.8 Å². The van der Waals surface area contributed by atoms with Crippen LogP contribution in [0.25, 0.3) is 0 Å². The molecular formula is C14H25N3O3. The molecule has 0 aromatic rings. The van der Waals surface area contributed by atoms with Crippen molar-refractivity contribution in [2.24, 2.45) is 16.3 Å². The lowest BCUT2D eigenvalue weighted by molar-refractivity contribution is -0.144. The zero-order chi connectivity index (χ0) is 14.6. The van der Waals surface area contributed by atoms with Crippen molar-refractivity contribution >= 4 is 11.7 Å². The van der Waals surface area contributed by atoms with Crippen LogP contribution >= 0.6 is 0 Å². The molecule has 0 spiro atoms. The van der Waals surface area contributed by atoms with Crippen LogP contribution < -0.4 is 5.73 Å². The number of hydrogen-bond donors (Lipinski definition) is 2. The first kappa shape index (κ1) is 15.1. The van der Waals surface area contributed by atoms with Gasteiger partial charge in [-0.3, -0.25) is 4.79 Å². The number of carbonyl (C=O) groups excluding carboxylic acids is 1. The van der Waals surface area contributed by atoms with Crippen LogP contribution in [0, 0.1) is 5.41 Å². The second kappa shape index (κ2) is 6.43. The topological polar surface area (TPSA) is 88.2 Å². The van der Waals surface area contributed by atoms with Crippen molar-refractivity contribution in [1.82, 2.24) is 4.90 Å². The molecule has 1 saturated heterocycles. The number of nitrogens with two attached hydrogens (primary N) is 1. The summed E-state index contributed by atoms with van der Waals surface area (Å²) in [6.45, 7) is 0.945. The van der Waals surface area contributed by atoms with Crippen molar-refractivity contribution in [2.75, 3.05) is 20.3 Å². The zero-order valence-corrected chi connectivity index (χ0v) is 12.2. The lowest BCUT2D eigenvalue weighted by Crippen LogP contribution is -2.55. The molecule has 1 amide bonds. The van der Waals surface area contributed by atoms with E-state index in [2.05, 4.69) is 5.16 Å². The number of amides is 1. The second-order valence-electron chi connectivity index (χ2n) is 5.89. The van der Waals surface area contributed by atoms with Gasteiger partial charge in [-0.15, -0.1) is 0 Å². The van der Waals surface area contributed by atoms with Crippen molar-refractivity contribution in [3.8, 4) is 0 Å². The normalized spacial score (nSPS) is 24.4. The van der Waals surface area contributed by atoms with Crippen LogP contribution in [0.1, 0.15) is 44.9 Å². The lowest BCUT2D eigenvalue weighted by Gasteiger charge is -2.41. The van der Waals surface area contributed by atoms with Crippen LogP contribution in [-0.4, -0.2) is 48.2 Å². The summed E-state index contributed by atoms with van der Waals surface area (Å²) in [5, 5.41) is 12.2. The van der Waals surface area contributed by atoms with Gasteiger partial charge in [0.15, 0.2) is 5.84 Å². The van der Waals surface area contributed by atoms with Crippen LogP contribution in [0.15, 0.2) is 5.16 Å². The van der Waals surface area contributed by atoms with Gasteiger partial charge in [0.25, 0.3) is 0 Å². The minimum absolute atomic E-state index is 0.0217. The molecule has 20 heavy (non-hydrogen) atoms. The molecule has 2 aliphatic rings. The molecule has 0 aromatic heterocycles.